The maximum absolute atomic E-state index is 14.1. The SMILES string of the molecule is C=CCNC(=O)C(NC(=O)C(CC)NC(=O)C(CCCNC(=NC)NS(=O)(=O)c1c(C)c(C)c2c(c1C)CC(C)(C)O2)NC(=O)C(C)(CC=C)NC(=O)C(C)C)c1ccccc1. The van der Waals surface area contributed by atoms with Crippen LogP contribution in [0.5, 0.6) is 5.75 Å². The van der Waals surface area contributed by atoms with Crippen LogP contribution in [0.15, 0.2) is 65.5 Å². The summed E-state index contributed by atoms with van der Waals surface area (Å²) in [5.74, 6) is -2.61. The summed E-state index contributed by atoms with van der Waals surface area (Å²) in [7, 11) is -2.70. The van der Waals surface area contributed by atoms with E-state index in [1.165, 1.54) is 26.1 Å². The van der Waals surface area contributed by atoms with Gasteiger partial charge in [0.15, 0.2) is 0 Å². The van der Waals surface area contributed by atoms with Crippen molar-refractivity contribution < 1.29 is 37.1 Å². The average Bonchev–Trinajstić information content (AvgIpc) is 3.56. The highest BCUT2D eigenvalue weighted by Crippen LogP contribution is 2.43. The Kier molecular flexibility index (Phi) is 17.9. The van der Waals surface area contributed by atoms with E-state index in [1.807, 2.05) is 20.8 Å². The number of hydrogen-bond acceptors (Lipinski definition) is 9. The Morgan fingerprint density at radius 2 is 1.53 bits per heavy atom. The number of amides is 5. The number of aliphatic imine (C=N–C) groups is 1. The molecule has 1 heterocycles. The maximum Gasteiger partial charge on any atom is 0.264 e. The van der Waals surface area contributed by atoms with Gasteiger partial charge in [-0.1, -0.05) is 63.3 Å². The standard InChI is InChI=1S/C45H66N8O8S/c1-13-23-45(11,52-38(54)27(4)5)42(58)50-34(40(56)49-33(15-3)39(55)51-35(41(57)47-24-14-2)31-20-17-16-18-21-31)22-19-25-48-43(46-12)53-62(59,60)37-29(7)28(6)36-32(30(37)8)26-44(9,10)61-36/h13-14,16-18,20-21,27,33-35H,1-2,15,19,22-26H2,3-12H3,(H,47,57)(H,49,56)(H,50,58)(H,51,55)(H,52,54)(H2,46,48,53). The van der Waals surface area contributed by atoms with E-state index < -0.39 is 68.8 Å². The first-order valence-electron chi connectivity index (χ1n) is 20.9. The molecule has 4 unspecified atom stereocenters. The quantitative estimate of drug-likeness (QED) is 0.0421. The number of ether oxygens (including phenoxy) is 1. The number of rotatable bonds is 21. The van der Waals surface area contributed by atoms with E-state index in [2.05, 4.69) is 54.8 Å². The second-order valence-electron chi connectivity index (χ2n) is 16.6. The number of sulfonamides is 1. The molecule has 0 aromatic heterocycles. The summed E-state index contributed by atoms with van der Waals surface area (Å²) >= 11 is 0. The molecule has 0 saturated heterocycles. The van der Waals surface area contributed by atoms with Gasteiger partial charge in [-0.25, -0.2) is 13.1 Å². The zero-order valence-corrected chi connectivity index (χ0v) is 38.7. The molecule has 0 aliphatic carbocycles. The van der Waals surface area contributed by atoms with Gasteiger partial charge in [-0.3, -0.25) is 29.0 Å². The smallest absolute Gasteiger partial charge is 0.264 e. The van der Waals surface area contributed by atoms with Crippen molar-refractivity contribution in [3.8, 4) is 5.75 Å². The third-order valence-electron chi connectivity index (χ3n) is 10.7. The van der Waals surface area contributed by atoms with Gasteiger partial charge in [0.2, 0.25) is 35.5 Å². The largest absolute Gasteiger partial charge is 0.487 e. The van der Waals surface area contributed by atoms with Crippen LogP contribution in [0.4, 0.5) is 0 Å². The van der Waals surface area contributed by atoms with Crippen molar-refractivity contribution in [2.75, 3.05) is 20.1 Å². The lowest BCUT2D eigenvalue weighted by atomic mass is 9.94. The topological polar surface area (TPSA) is 225 Å². The molecule has 3 rings (SSSR count). The van der Waals surface area contributed by atoms with Crippen LogP contribution >= 0.6 is 0 Å². The molecule has 0 saturated carbocycles. The molecular formula is C45H66N8O8S. The number of carbonyl (C=O) groups excluding carboxylic acids is 5. The Bertz CT molecular complexity index is 2140. The summed E-state index contributed by atoms with van der Waals surface area (Å²) in [6.07, 6.45) is 3.96. The minimum atomic E-state index is -4.13. The van der Waals surface area contributed by atoms with Gasteiger partial charge < -0.3 is 36.6 Å². The molecule has 4 atom stereocenters. The predicted octanol–water partition coefficient (Wildman–Crippen LogP) is 3.61. The molecule has 0 spiro atoms. The lowest BCUT2D eigenvalue weighted by Crippen LogP contribution is -2.61. The number of guanidine groups is 1. The normalized spacial score (nSPS) is 15.6. The Labute approximate surface area is 367 Å². The van der Waals surface area contributed by atoms with Gasteiger partial charge in [0, 0.05) is 38.0 Å². The molecule has 7 N–H and O–H groups in total. The molecule has 2 aromatic carbocycles. The Balaban J connectivity index is 1.84. The zero-order valence-electron chi connectivity index (χ0n) is 37.8. The lowest BCUT2D eigenvalue weighted by Gasteiger charge is -2.32. The number of benzene rings is 2. The van der Waals surface area contributed by atoms with Crippen LogP contribution in [0.1, 0.15) is 101 Å². The average molecular weight is 879 g/mol. The van der Waals surface area contributed by atoms with Crippen molar-refractivity contribution in [2.45, 2.75) is 129 Å². The molecule has 62 heavy (non-hydrogen) atoms. The fourth-order valence-corrected chi connectivity index (χ4v) is 8.68. The number of hydrogen-bond donors (Lipinski definition) is 7. The summed E-state index contributed by atoms with van der Waals surface area (Å²) < 4.78 is 36.6. The summed E-state index contributed by atoms with van der Waals surface area (Å²) in [5.41, 5.74) is 1.31. The van der Waals surface area contributed by atoms with Gasteiger partial charge in [-0.15, -0.1) is 13.2 Å². The van der Waals surface area contributed by atoms with Gasteiger partial charge in [0.1, 0.15) is 35.0 Å². The third-order valence-corrected chi connectivity index (χ3v) is 12.3. The van der Waals surface area contributed by atoms with Gasteiger partial charge in [0.05, 0.1) is 4.90 Å². The Morgan fingerprint density at radius 3 is 2.11 bits per heavy atom. The molecule has 0 fully saturated rings. The van der Waals surface area contributed by atoms with Crippen LogP contribution in [0.2, 0.25) is 0 Å². The van der Waals surface area contributed by atoms with Crippen molar-refractivity contribution in [3.63, 3.8) is 0 Å². The van der Waals surface area contributed by atoms with Crippen LogP contribution in [0.25, 0.3) is 0 Å². The molecular weight excluding hydrogens is 813 g/mol. The van der Waals surface area contributed by atoms with E-state index >= 15 is 0 Å². The molecule has 0 bridgehead atoms. The number of fused-ring (bicyclic) bond motifs is 1. The van der Waals surface area contributed by atoms with Crippen LogP contribution < -0.4 is 41.4 Å². The fraction of sp³-hybridized carbons (Fsp3) is 0.511. The first kappa shape index (κ1) is 50.6. The highest BCUT2D eigenvalue weighted by Gasteiger charge is 2.39. The van der Waals surface area contributed by atoms with E-state index in [0.29, 0.717) is 28.9 Å². The summed E-state index contributed by atoms with van der Waals surface area (Å²) in [5, 5.41) is 16.7. The lowest BCUT2D eigenvalue weighted by molar-refractivity contribution is -0.137. The van der Waals surface area contributed by atoms with Crippen LogP contribution in [-0.2, 0) is 40.4 Å². The van der Waals surface area contributed by atoms with Crippen LogP contribution in [0, 0.1) is 26.7 Å². The molecule has 16 nitrogen and oxygen atoms in total. The first-order valence-corrected chi connectivity index (χ1v) is 22.4. The van der Waals surface area contributed by atoms with E-state index in [4.69, 9.17) is 4.74 Å². The highest BCUT2D eigenvalue weighted by molar-refractivity contribution is 7.90. The maximum atomic E-state index is 14.1. The van der Waals surface area contributed by atoms with Crippen molar-refractivity contribution in [1.29, 1.82) is 0 Å². The highest BCUT2D eigenvalue weighted by atomic mass is 32.2. The molecule has 1 aliphatic heterocycles. The third kappa shape index (κ3) is 12.9. The Morgan fingerprint density at radius 1 is 0.887 bits per heavy atom. The number of carbonyl (C=O) groups is 5. The predicted molar refractivity (Wildman–Crippen MR) is 241 cm³/mol. The van der Waals surface area contributed by atoms with Crippen LogP contribution in [0.3, 0.4) is 0 Å². The van der Waals surface area contributed by atoms with Gasteiger partial charge >= 0.3 is 0 Å². The fourth-order valence-electron chi connectivity index (χ4n) is 7.08. The first-order chi connectivity index (χ1) is 29.1. The van der Waals surface area contributed by atoms with Crippen molar-refractivity contribution in [2.24, 2.45) is 10.9 Å². The minimum Gasteiger partial charge on any atom is -0.487 e. The van der Waals surface area contributed by atoms with Gasteiger partial charge in [0.25, 0.3) is 10.0 Å². The monoisotopic (exact) mass is 878 g/mol. The molecule has 17 heteroatoms. The van der Waals surface area contributed by atoms with Crippen LogP contribution in [-0.4, -0.2) is 87.3 Å². The van der Waals surface area contributed by atoms with E-state index in [9.17, 15) is 32.4 Å². The molecule has 340 valence electrons. The summed E-state index contributed by atoms with van der Waals surface area (Å²) in [6, 6.07) is 5.22. The summed E-state index contributed by atoms with van der Waals surface area (Å²) in [6.45, 7) is 23.5. The number of nitrogens with one attached hydrogen (secondary N) is 7. The van der Waals surface area contributed by atoms with E-state index in [-0.39, 0.29) is 55.5 Å². The molecule has 2 aromatic rings. The van der Waals surface area contributed by atoms with Crippen molar-refractivity contribution in [3.05, 3.63) is 83.5 Å². The van der Waals surface area contributed by atoms with E-state index in [1.54, 1.807) is 65.0 Å². The second-order valence-corrected chi connectivity index (χ2v) is 18.3. The van der Waals surface area contributed by atoms with Crippen molar-refractivity contribution >= 4 is 45.5 Å². The molecule has 0 radical (unpaired) electrons. The second kappa shape index (κ2) is 21.9. The summed E-state index contributed by atoms with van der Waals surface area (Å²) in [4.78, 5) is 71.9. The van der Waals surface area contributed by atoms with E-state index in [0.717, 1.165) is 11.1 Å². The minimum absolute atomic E-state index is 0.0171. The van der Waals surface area contributed by atoms with Crippen molar-refractivity contribution in [1.82, 2.24) is 36.6 Å². The van der Waals surface area contributed by atoms with Gasteiger partial charge in [-0.05, 0) is 89.5 Å². The Hall–Kier alpha value is -5.71. The molecule has 5 amide bonds. The number of nitrogens with zero attached hydrogens (tertiary/aromatic N) is 1. The zero-order chi connectivity index (χ0) is 46.6. The van der Waals surface area contributed by atoms with Gasteiger partial charge in [-0.2, -0.15) is 0 Å². The molecule has 1 aliphatic rings.